The highest BCUT2D eigenvalue weighted by molar-refractivity contribution is 6.04. The van der Waals surface area contributed by atoms with Crippen LogP contribution in [0, 0.1) is 6.92 Å². The molecule has 2 heterocycles. The lowest BCUT2D eigenvalue weighted by atomic mass is 10.0. The van der Waals surface area contributed by atoms with Crippen molar-refractivity contribution >= 4 is 16.3 Å². The summed E-state index contributed by atoms with van der Waals surface area (Å²) in [7, 11) is 1.69. The maximum atomic E-state index is 5.31. The number of methoxy groups -OCH3 is 1. The first-order valence-corrected chi connectivity index (χ1v) is 9.35. The predicted octanol–water partition coefficient (Wildman–Crippen LogP) is 6.14. The van der Waals surface area contributed by atoms with E-state index in [1.54, 1.807) is 7.11 Å². The van der Waals surface area contributed by atoms with E-state index in [4.69, 9.17) is 9.84 Å². The lowest BCUT2D eigenvalue weighted by molar-refractivity contribution is 0.415. The van der Waals surface area contributed by atoms with Gasteiger partial charge in [0.25, 0.3) is 0 Å². The highest BCUT2D eigenvalue weighted by Crippen LogP contribution is 2.35. The Morgan fingerprint density at radius 2 is 1.54 bits per heavy atom. The van der Waals surface area contributed by atoms with Gasteiger partial charge in [0.2, 0.25) is 0 Å². The Labute approximate surface area is 163 Å². The molecule has 0 aliphatic rings. The summed E-state index contributed by atoms with van der Waals surface area (Å²) in [4.78, 5) is 0. The molecule has 0 saturated carbocycles. The van der Waals surface area contributed by atoms with Crippen molar-refractivity contribution in [2.24, 2.45) is 0 Å². The molecule has 0 unspecified atom stereocenters. The van der Waals surface area contributed by atoms with Crippen LogP contribution in [0.2, 0.25) is 0 Å². The van der Waals surface area contributed by atoms with Crippen LogP contribution in [0.5, 0.6) is 5.75 Å². The number of pyridine rings is 1. The average Bonchev–Trinajstić information content (AvgIpc) is 3.19. The van der Waals surface area contributed by atoms with Crippen molar-refractivity contribution in [3.05, 3.63) is 90.6 Å². The summed E-state index contributed by atoms with van der Waals surface area (Å²) in [6, 6.07) is 27.5. The first kappa shape index (κ1) is 16.6. The molecule has 0 aliphatic carbocycles. The lowest BCUT2D eigenvalue weighted by Gasteiger charge is -2.11. The number of rotatable bonds is 3. The Hall–Kier alpha value is -3.59. The normalized spacial score (nSPS) is 11.2. The number of benzene rings is 3. The van der Waals surface area contributed by atoms with Crippen molar-refractivity contribution in [3.63, 3.8) is 0 Å². The maximum Gasteiger partial charge on any atom is 0.118 e. The van der Waals surface area contributed by atoms with Crippen LogP contribution in [-0.4, -0.2) is 16.7 Å². The fourth-order valence-corrected chi connectivity index (χ4v) is 3.75. The number of aromatic nitrogens is 2. The first-order chi connectivity index (χ1) is 13.7. The number of aryl methyl sites for hydroxylation is 1. The Morgan fingerprint density at radius 1 is 0.821 bits per heavy atom. The third-order valence-electron chi connectivity index (χ3n) is 5.25. The fraction of sp³-hybridized carbons (Fsp3) is 0.0800. The molecule has 0 bridgehead atoms. The predicted molar refractivity (Wildman–Crippen MR) is 115 cm³/mol. The standard InChI is InChI=1S/C25H20N2O/c1-17-7-9-18(10-8-17)23-16-26-27-24(19-11-13-21(28-2)14-12-19)15-20-5-3-4-6-22(20)25(23)27/h3-16H,1-2H3. The van der Waals surface area contributed by atoms with Crippen LogP contribution in [0.25, 0.3) is 38.7 Å². The SMILES string of the molecule is COc1ccc(-c2cc3ccccc3c3c(-c4ccc(C)cc4)cnn23)cc1. The Bertz CT molecular complexity index is 1280. The molecule has 136 valence electrons. The van der Waals surface area contributed by atoms with E-state index >= 15 is 0 Å². The molecule has 0 aliphatic heterocycles. The van der Waals surface area contributed by atoms with Crippen LogP contribution in [-0.2, 0) is 0 Å². The Morgan fingerprint density at radius 3 is 2.29 bits per heavy atom. The number of hydrogen-bond acceptors (Lipinski definition) is 2. The maximum absolute atomic E-state index is 5.31. The molecule has 0 radical (unpaired) electrons. The van der Waals surface area contributed by atoms with E-state index in [2.05, 4.69) is 78.2 Å². The van der Waals surface area contributed by atoms with E-state index in [1.807, 2.05) is 18.3 Å². The zero-order valence-electron chi connectivity index (χ0n) is 15.9. The molecule has 3 heteroatoms. The molecule has 3 aromatic carbocycles. The minimum atomic E-state index is 0.849. The summed E-state index contributed by atoms with van der Waals surface area (Å²) in [5, 5.41) is 7.18. The summed E-state index contributed by atoms with van der Waals surface area (Å²) in [5.74, 6) is 0.849. The number of ether oxygens (including phenoxy) is 1. The van der Waals surface area contributed by atoms with E-state index in [1.165, 1.54) is 21.9 Å². The second kappa shape index (κ2) is 6.54. The van der Waals surface area contributed by atoms with Gasteiger partial charge >= 0.3 is 0 Å². The van der Waals surface area contributed by atoms with Gasteiger partial charge in [-0.25, -0.2) is 4.52 Å². The molecule has 28 heavy (non-hydrogen) atoms. The van der Waals surface area contributed by atoms with Crippen LogP contribution in [0.3, 0.4) is 0 Å². The fourth-order valence-electron chi connectivity index (χ4n) is 3.75. The van der Waals surface area contributed by atoms with Crippen molar-refractivity contribution in [2.75, 3.05) is 7.11 Å². The second-order valence-corrected chi connectivity index (χ2v) is 7.03. The van der Waals surface area contributed by atoms with Crippen LogP contribution < -0.4 is 4.74 Å². The van der Waals surface area contributed by atoms with Crippen molar-refractivity contribution in [3.8, 4) is 28.1 Å². The molecule has 0 spiro atoms. The molecule has 5 aromatic rings. The van der Waals surface area contributed by atoms with E-state index in [0.29, 0.717) is 0 Å². The van der Waals surface area contributed by atoms with E-state index in [-0.39, 0.29) is 0 Å². The van der Waals surface area contributed by atoms with Gasteiger partial charge in [0.1, 0.15) is 5.75 Å². The highest BCUT2D eigenvalue weighted by atomic mass is 16.5. The summed E-state index contributed by atoms with van der Waals surface area (Å²) < 4.78 is 7.37. The number of fused-ring (bicyclic) bond motifs is 3. The van der Waals surface area contributed by atoms with Gasteiger partial charge in [-0.3, -0.25) is 0 Å². The largest absolute Gasteiger partial charge is 0.497 e. The van der Waals surface area contributed by atoms with Crippen LogP contribution in [0.4, 0.5) is 0 Å². The third kappa shape index (κ3) is 2.64. The lowest BCUT2D eigenvalue weighted by Crippen LogP contribution is -1.95. The molecule has 5 rings (SSSR count). The van der Waals surface area contributed by atoms with Crippen LogP contribution in [0.1, 0.15) is 5.56 Å². The minimum Gasteiger partial charge on any atom is -0.497 e. The van der Waals surface area contributed by atoms with Gasteiger partial charge in [0, 0.05) is 16.5 Å². The highest BCUT2D eigenvalue weighted by Gasteiger charge is 2.15. The van der Waals surface area contributed by atoms with Gasteiger partial charge < -0.3 is 4.74 Å². The molecule has 2 aromatic heterocycles. The second-order valence-electron chi connectivity index (χ2n) is 7.03. The van der Waals surface area contributed by atoms with Crippen molar-refractivity contribution in [2.45, 2.75) is 6.92 Å². The minimum absolute atomic E-state index is 0.849. The molecular weight excluding hydrogens is 344 g/mol. The zero-order chi connectivity index (χ0) is 19.1. The van der Waals surface area contributed by atoms with Crippen molar-refractivity contribution in [1.82, 2.24) is 9.61 Å². The summed E-state index contributed by atoms with van der Waals surface area (Å²) >= 11 is 0. The van der Waals surface area contributed by atoms with Crippen molar-refractivity contribution in [1.29, 1.82) is 0 Å². The first-order valence-electron chi connectivity index (χ1n) is 9.35. The summed E-state index contributed by atoms with van der Waals surface area (Å²) in [6.07, 6.45) is 1.97. The summed E-state index contributed by atoms with van der Waals surface area (Å²) in [6.45, 7) is 2.11. The van der Waals surface area contributed by atoms with Crippen LogP contribution in [0.15, 0.2) is 85.1 Å². The van der Waals surface area contributed by atoms with Gasteiger partial charge in [-0.15, -0.1) is 0 Å². The van der Waals surface area contributed by atoms with E-state index in [9.17, 15) is 0 Å². The van der Waals surface area contributed by atoms with Gasteiger partial charge in [0.15, 0.2) is 0 Å². The molecular formula is C25H20N2O. The quantitative estimate of drug-likeness (QED) is 0.384. The molecule has 0 fully saturated rings. The summed E-state index contributed by atoms with van der Waals surface area (Å²) in [5.41, 5.74) is 6.88. The Balaban J connectivity index is 1.83. The van der Waals surface area contributed by atoms with Gasteiger partial charge in [0.05, 0.1) is 24.5 Å². The zero-order valence-corrected chi connectivity index (χ0v) is 15.9. The molecule has 3 nitrogen and oxygen atoms in total. The number of nitrogens with zero attached hydrogens (tertiary/aromatic N) is 2. The molecule has 0 amide bonds. The van der Waals surface area contributed by atoms with Gasteiger partial charge in [-0.1, -0.05) is 54.1 Å². The topological polar surface area (TPSA) is 26.5 Å². The van der Waals surface area contributed by atoms with Gasteiger partial charge in [-0.05, 0) is 48.2 Å². The van der Waals surface area contributed by atoms with Crippen LogP contribution >= 0.6 is 0 Å². The van der Waals surface area contributed by atoms with E-state index in [0.717, 1.165) is 28.1 Å². The number of hydrogen-bond donors (Lipinski definition) is 0. The molecule has 0 N–H and O–H groups in total. The Kier molecular flexibility index (Phi) is 3.87. The monoisotopic (exact) mass is 364 g/mol. The smallest absolute Gasteiger partial charge is 0.118 e. The average molecular weight is 364 g/mol. The molecule has 0 saturated heterocycles. The van der Waals surface area contributed by atoms with Gasteiger partial charge in [-0.2, -0.15) is 5.10 Å². The third-order valence-corrected chi connectivity index (χ3v) is 5.25. The molecule has 0 atom stereocenters. The van der Waals surface area contributed by atoms with E-state index < -0.39 is 0 Å². The van der Waals surface area contributed by atoms with Crippen molar-refractivity contribution < 1.29 is 4.74 Å².